The third kappa shape index (κ3) is 2.88. The molecule has 5 nitrogen and oxygen atoms in total. The number of hydrogen-bond acceptors (Lipinski definition) is 3. The molecule has 8 heteroatoms. The molecular formula is C9H7ClF2N2O3. The first kappa shape index (κ1) is 13.3. The zero-order valence-electron chi connectivity index (χ0n) is 8.32. The van der Waals surface area contributed by atoms with Gasteiger partial charge in [0.2, 0.25) is 5.91 Å². The molecule has 1 atom stereocenters. The molecule has 0 aromatic heterocycles. The van der Waals surface area contributed by atoms with Crippen LogP contribution in [0.3, 0.4) is 0 Å². The van der Waals surface area contributed by atoms with Crippen molar-refractivity contribution in [1.82, 2.24) is 0 Å². The lowest BCUT2D eigenvalue weighted by atomic mass is 10.1. The average Bonchev–Trinajstić information content (AvgIpc) is 2.24. The molecule has 1 aromatic carbocycles. The summed E-state index contributed by atoms with van der Waals surface area (Å²) in [7, 11) is 0. The highest BCUT2D eigenvalue weighted by Crippen LogP contribution is 2.26. The van der Waals surface area contributed by atoms with Gasteiger partial charge in [0.05, 0.1) is 10.5 Å². The molecule has 0 aliphatic carbocycles. The van der Waals surface area contributed by atoms with Crippen LogP contribution >= 0.6 is 11.6 Å². The van der Waals surface area contributed by atoms with Crippen LogP contribution in [0.1, 0.15) is 5.56 Å². The van der Waals surface area contributed by atoms with E-state index in [1.807, 2.05) is 0 Å². The Morgan fingerprint density at radius 2 is 2.12 bits per heavy atom. The summed E-state index contributed by atoms with van der Waals surface area (Å²) >= 11 is 5.46. The number of nitrogens with two attached hydrogens (primary N) is 1. The van der Waals surface area contributed by atoms with Crippen LogP contribution in [0, 0.1) is 21.7 Å². The number of rotatable bonds is 4. The van der Waals surface area contributed by atoms with Gasteiger partial charge in [-0.3, -0.25) is 14.9 Å². The normalized spacial score (nSPS) is 12.2. The predicted molar refractivity (Wildman–Crippen MR) is 55.6 cm³/mol. The predicted octanol–water partition coefficient (Wildman–Crippen LogP) is 1.51. The van der Waals surface area contributed by atoms with Crippen molar-refractivity contribution in [2.75, 3.05) is 0 Å². The van der Waals surface area contributed by atoms with Crippen LogP contribution in [0.15, 0.2) is 12.1 Å². The summed E-state index contributed by atoms with van der Waals surface area (Å²) in [6, 6.07) is 1.43. The Morgan fingerprint density at radius 1 is 1.53 bits per heavy atom. The molecule has 1 rings (SSSR count). The number of hydrogen-bond donors (Lipinski definition) is 1. The standard InChI is InChI=1S/C9H7ClF2N2O3/c10-5(9(13)15)3-4-7(14(16)17)2-1-6(11)8(4)12/h1-2,5H,3H2,(H2,13,15). The molecule has 0 heterocycles. The van der Waals surface area contributed by atoms with Crippen molar-refractivity contribution in [1.29, 1.82) is 0 Å². The SMILES string of the molecule is NC(=O)C(Cl)Cc1c([N+](=O)[O-])ccc(F)c1F. The van der Waals surface area contributed by atoms with Crippen molar-refractivity contribution in [2.45, 2.75) is 11.8 Å². The first-order chi connectivity index (χ1) is 7.84. The number of carbonyl (C=O) groups excluding carboxylic acids is 1. The molecule has 2 N–H and O–H groups in total. The van der Waals surface area contributed by atoms with Crippen LogP contribution in [0.4, 0.5) is 14.5 Å². The molecular weight excluding hydrogens is 258 g/mol. The van der Waals surface area contributed by atoms with Gasteiger partial charge in [-0.1, -0.05) is 0 Å². The van der Waals surface area contributed by atoms with Crippen LogP contribution < -0.4 is 5.73 Å². The van der Waals surface area contributed by atoms with E-state index in [4.69, 9.17) is 17.3 Å². The van der Waals surface area contributed by atoms with E-state index < -0.39 is 45.5 Å². The van der Waals surface area contributed by atoms with E-state index in [1.165, 1.54) is 0 Å². The molecule has 0 aliphatic rings. The molecule has 0 saturated heterocycles. The highest BCUT2D eigenvalue weighted by atomic mass is 35.5. The lowest BCUT2D eigenvalue weighted by Crippen LogP contribution is -2.26. The quantitative estimate of drug-likeness (QED) is 0.508. The second-order valence-electron chi connectivity index (χ2n) is 3.19. The largest absolute Gasteiger partial charge is 0.368 e. The molecule has 1 unspecified atom stereocenters. The number of nitro groups is 1. The number of amides is 1. The van der Waals surface area contributed by atoms with Crippen LogP contribution in [-0.2, 0) is 11.2 Å². The maximum Gasteiger partial charge on any atom is 0.275 e. The Kier molecular flexibility index (Phi) is 3.95. The van der Waals surface area contributed by atoms with Gasteiger partial charge >= 0.3 is 0 Å². The Morgan fingerprint density at radius 3 is 2.59 bits per heavy atom. The van der Waals surface area contributed by atoms with Crippen molar-refractivity contribution in [2.24, 2.45) is 5.73 Å². The number of primary amides is 1. The monoisotopic (exact) mass is 264 g/mol. The number of nitro benzene ring substituents is 1. The van der Waals surface area contributed by atoms with Gasteiger partial charge in [0.25, 0.3) is 5.69 Å². The van der Waals surface area contributed by atoms with Crippen LogP contribution in [0.5, 0.6) is 0 Å². The second kappa shape index (κ2) is 5.05. The maximum absolute atomic E-state index is 13.4. The van der Waals surface area contributed by atoms with Gasteiger partial charge in [-0.15, -0.1) is 11.6 Å². The highest BCUT2D eigenvalue weighted by molar-refractivity contribution is 6.30. The topological polar surface area (TPSA) is 86.2 Å². The minimum Gasteiger partial charge on any atom is -0.368 e. The Balaban J connectivity index is 3.23. The molecule has 0 aliphatic heterocycles. The molecule has 0 radical (unpaired) electrons. The van der Waals surface area contributed by atoms with E-state index in [0.29, 0.717) is 6.07 Å². The first-order valence-corrected chi connectivity index (χ1v) is 4.83. The molecule has 0 fully saturated rings. The molecule has 0 bridgehead atoms. The number of benzene rings is 1. The van der Waals surface area contributed by atoms with Crippen molar-refractivity contribution >= 4 is 23.2 Å². The van der Waals surface area contributed by atoms with Gasteiger partial charge in [0, 0.05) is 12.5 Å². The Labute approximate surface area is 99.3 Å². The van der Waals surface area contributed by atoms with Crippen LogP contribution in [0.2, 0.25) is 0 Å². The fourth-order valence-corrected chi connectivity index (χ4v) is 1.38. The number of alkyl halides is 1. The number of carbonyl (C=O) groups is 1. The van der Waals surface area contributed by atoms with E-state index in [2.05, 4.69) is 0 Å². The molecule has 1 amide bonds. The summed E-state index contributed by atoms with van der Waals surface area (Å²) < 4.78 is 26.3. The van der Waals surface area contributed by atoms with Gasteiger partial charge in [-0.25, -0.2) is 8.78 Å². The van der Waals surface area contributed by atoms with Gasteiger partial charge < -0.3 is 5.73 Å². The summed E-state index contributed by atoms with van der Waals surface area (Å²) in [6.45, 7) is 0. The van der Waals surface area contributed by atoms with E-state index in [1.54, 1.807) is 0 Å². The van der Waals surface area contributed by atoms with E-state index >= 15 is 0 Å². The van der Waals surface area contributed by atoms with Gasteiger partial charge in [-0.05, 0) is 6.07 Å². The molecule has 17 heavy (non-hydrogen) atoms. The molecule has 92 valence electrons. The van der Waals surface area contributed by atoms with E-state index in [0.717, 1.165) is 6.07 Å². The highest BCUT2D eigenvalue weighted by Gasteiger charge is 2.25. The summed E-state index contributed by atoms with van der Waals surface area (Å²) in [4.78, 5) is 20.4. The third-order valence-electron chi connectivity index (χ3n) is 2.06. The second-order valence-corrected chi connectivity index (χ2v) is 3.72. The minimum atomic E-state index is -1.40. The average molecular weight is 265 g/mol. The van der Waals surface area contributed by atoms with Gasteiger partial charge in [0.15, 0.2) is 11.6 Å². The van der Waals surface area contributed by atoms with Crippen LogP contribution in [-0.4, -0.2) is 16.2 Å². The third-order valence-corrected chi connectivity index (χ3v) is 2.43. The molecule has 0 spiro atoms. The minimum absolute atomic E-state index is 0.545. The molecule has 0 saturated carbocycles. The van der Waals surface area contributed by atoms with Crippen LogP contribution in [0.25, 0.3) is 0 Å². The summed E-state index contributed by atoms with van der Waals surface area (Å²) in [5, 5.41) is 9.25. The van der Waals surface area contributed by atoms with Gasteiger partial charge in [0.1, 0.15) is 5.38 Å². The Bertz CT molecular complexity index is 482. The summed E-state index contributed by atoms with van der Waals surface area (Å²) in [5.41, 5.74) is 3.62. The fraction of sp³-hybridized carbons (Fsp3) is 0.222. The van der Waals surface area contributed by atoms with Crippen molar-refractivity contribution in [3.63, 3.8) is 0 Å². The maximum atomic E-state index is 13.4. The fourth-order valence-electron chi connectivity index (χ4n) is 1.23. The number of nitrogens with zero attached hydrogens (tertiary/aromatic N) is 1. The zero-order chi connectivity index (χ0) is 13.2. The van der Waals surface area contributed by atoms with E-state index in [-0.39, 0.29) is 0 Å². The van der Waals surface area contributed by atoms with Crippen molar-refractivity contribution in [3.8, 4) is 0 Å². The molecule has 1 aromatic rings. The van der Waals surface area contributed by atoms with Crippen molar-refractivity contribution < 1.29 is 18.5 Å². The lowest BCUT2D eigenvalue weighted by Gasteiger charge is -2.07. The lowest BCUT2D eigenvalue weighted by molar-refractivity contribution is -0.385. The summed E-state index contributed by atoms with van der Waals surface area (Å²) in [5.74, 6) is -3.62. The van der Waals surface area contributed by atoms with E-state index in [9.17, 15) is 23.7 Å². The number of halogens is 3. The van der Waals surface area contributed by atoms with Gasteiger partial charge in [-0.2, -0.15) is 0 Å². The zero-order valence-corrected chi connectivity index (χ0v) is 9.08. The smallest absolute Gasteiger partial charge is 0.275 e. The Hall–Kier alpha value is -1.76. The summed E-state index contributed by atoms with van der Waals surface area (Å²) in [6.07, 6.45) is -0.545. The van der Waals surface area contributed by atoms with Crippen molar-refractivity contribution in [3.05, 3.63) is 39.4 Å². The first-order valence-electron chi connectivity index (χ1n) is 4.39.